The molecule has 0 aliphatic carbocycles. The van der Waals surface area contributed by atoms with E-state index in [1.807, 2.05) is 13.8 Å². The van der Waals surface area contributed by atoms with Crippen LogP contribution >= 0.6 is 0 Å². The molecule has 0 radical (unpaired) electrons. The van der Waals surface area contributed by atoms with Crippen LogP contribution < -0.4 is 4.74 Å². The van der Waals surface area contributed by atoms with Crippen molar-refractivity contribution >= 4 is 5.97 Å². The van der Waals surface area contributed by atoms with Crippen LogP contribution in [0.2, 0.25) is 0 Å². The van der Waals surface area contributed by atoms with Gasteiger partial charge in [-0.2, -0.15) is 0 Å². The van der Waals surface area contributed by atoms with Gasteiger partial charge in [0.05, 0.1) is 12.2 Å². The van der Waals surface area contributed by atoms with Gasteiger partial charge in [-0.15, -0.1) is 0 Å². The van der Waals surface area contributed by atoms with E-state index in [9.17, 15) is 9.18 Å². The van der Waals surface area contributed by atoms with Gasteiger partial charge in [0.25, 0.3) is 0 Å². The van der Waals surface area contributed by atoms with Gasteiger partial charge in [0.15, 0.2) is 0 Å². The summed E-state index contributed by atoms with van der Waals surface area (Å²) in [6, 6.07) is 6.50. The number of ether oxygens (including phenoxy) is 2. The number of carbonyl (C=O) groups excluding carboxylic acids is 1. The van der Waals surface area contributed by atoms with Gasteiger partial charge in [-0.1, -0.05) is 13.8 Å². The Hall–Kier alpha value is -1.58. The molecule has 4 heteroatoms. The van der Waals surface area contributed by atoms with Crippen LogP contribution in [0.5, 0.6) is 5.75 Å². The molecule has 1 rings (SSSR count). The van der Waals surface area contributed by atoms with Crippen molar-refractivity contribution < 1.29 is 18.7 Å². The van der Waals surface area contributed by atoms with Gasteiger partial charge in [0.2, 0.25) is 0 Å². The first-order valence-corrected chi connectivity index (χ1v) is 6.37. The number of halogens is 1. The van der Waals surface area contributed by atoms with Crippen molar-refractivity contribution in [2.45, 2.75) is 33.4 Å². The molecule has 0 unspecified atom stereocenters. The Bertz CT molecular complexity index is 404. The van der Waals surface area contributed by atoms with Gasteiger partial charge >= 0.3 is 5.97 Å². The average molecular weight is 268 g/mol. The lowest BCUT2D eigenvalue weighted by molar-refractivity contribution is 0.0458. The highest BCUT2D eigenvalue weighted by Gasteiger charge is 2.16. The van der Waals surface area contributed by atoms with E-state index in [-0.39, 0.29) is 12.6 Å². The topological polar surface area (TPSA) is 35.5 Å². The molecule has 0 amide bonds. The van der Waals surface area contributed by atoms with Gasteiger partial charge in [-0.05, 0) is 44.0 Å². The molecule has 0 saturated carbocycles. The lowest BCUT2D eigenvalue weighted by Crippen LogP contribution is -2.22. The number of hydrogen-bond acceptors (Lipinski definition) is 3. The zero-order chi connectivity index (χ0) is 14.5. The Morgan fingerprint density at radius 2 is 1.84 bits per heavy atom. The molecule has 0 N–H and O–H groups in total. The minimum atomic E-state index is -1.38. The fourth-order valence-electron chi connectivity index (χ4n) is 1.27. The fourth-order valence-corrected chi connectivity index (χ4v) is 1.27. The zero-order valence-electron chi connectivity index (χ0n) is 11.9. The first-order valence-electron chi connectivity index (χ1n) is 6.37. The Balaban J connectivity index is 2.54. The van der Waals surface area contributed by atoms with Crippen LogP contribution in [0.4, 0.5) is 4.39 Å². The predicted octanol–water partition coefficient (Wildman–Crippen LogP) is 3.63. The molecule has 0 aliphatic rings. The van der Waals surface area contributed by atoms with Crippen molar-refractivity contribution in [2.24, 2.45) is 5.92 Å². The standard InChI is InChI=1S/C15H21FO3/c1-11(2)9-18-14(17)12-5-7-13(8-6-12)19-10-15(3,4)16/h5-8,11H,9-10H2,1-4H3. The SMILES string of the molecule is CC(C)COC(=O)c1ccc(OCC(C)(C)F)cc1. The monoisotopic (exact) mass is 268 g/mol. The van der Waals surface area contributed by atoms with Gasteiger partial charge < -0.3 is 9.47 Å². The number of benzene rings is 1. The van der Waals surface area contributed by atoms with E-state index in [1.165, 1.54) is 13.8 Å². The molecule has 3 nitrogen and oxygen atoms in total. The third kappa shape index (κ3) is 6.22. The van der Waals surface area contributed by atoms with Crippen molar-refractivity contribution in [3.05, 3.63) is 29.8 Å². The van der Waals surface area contributed by atoms with Crippen molar-refractivity contribution in [2.75, 3.05) is 13.2 Å². The second kappa shape index (κ2) is 6.55. The summed E-state index contributed by atoms with van der Waals surface area (Å²) < 4.78 is 23.6. The highest BCUT2D eigenvalue weighted by atomic mass is 19.1. The largest absolute Gasteiger partial charge is 0.490 e. The highest BCUT2D eigenvalue weighted by molar-refractivity contribution is 5.89. The van der Waals surface area contributed by atoms with E-state index < -0.39 is 5.67 Å². The number of rotatable bonds is 6. The Labute approximate surface area is 113 Å². The third-order valence-electron chi connectivity index (χ3n) is 2.22. The molecular formula is C15H21FO3. The molecular weight excluding hydrogens is 247 g/mol. The molecule has 0 atom stereocenters. The maximum atomic E-state index is 13.3. The average Bonchev–Trinajstić information content (AvgIpc) is 2.33. The fraction of sp³-hybridized carbons (Fsp3) is 0.533. The predicted molar refractivity (Wildman–Crippen MR) is 72.2 cm³/mol. The van der Waals surface area contributed by atoms with Crippen LogP contribution in [-0.2, 0) is 4.74 Å². The molecule has 0 spiro atoms. The molecule has 0 bridgehead atoms. The minimum Gasteiger partial charge on any atom is -0.490 e. The molecule has 0 aliphatic heterocycles. The van der Waals surface area contributed by atoms with Crippen LogP contribution in [-0.4, -0.2) is 24.9 Å². The summed E-state index contributed by atoms with van der Waals surface area (Å²) in [6.45, 7) is 7.22. The number of hydrogen-bond donors (Lipinski definition) is 0. The summed E-state index contributed by atoms with van der Waals surface area (Å²) in [5.41, 5.74) is -0.915. The Morgan fingerprint density at radius 3 is 2.32 bits per heavy atom. The summed E-state index contributed by atoms with van der Waals surface area (Å²) in [4.78, 5) is 11.7. The normalized spacial score (nSPS) is 11.5. The summed E-state index contributed by atoms with van der Waals surface area (Å²) in [7, 11) is 0. The van der Waals surface area contributed by atoms with Gasteiger partial charge in [0, 0.05) is 0 Å². The molecule has 0 saturated heterocycles. The van der Waals surface area contributed by atoms with Crippen molar-refractivity contribution in [1.29, 1.82) is 0 Å². The maximum Gasteiger partial charge on any atom is 0.338 e. The second-order valence-corrected chi connectivity index (χ2v) is 5.52. The lowest BCUT2D eigenvalue weighted by atomic mass is 10.2. The van der Waals surface area contributed by atoms with E-state index in [2.05, 4.69) is 0 Å². The molecule has 1 aromatic rings. The van der Waals surface area contributed by atoms with Gasteiger partial charge in [-0.25, -0.2) is 9.18 Å². The summed E-state index contributed by atoms with van der Waals surface area (Å²) >= 11 is 0. The lowest BCUT2D eigenvalue weighted by Gasteiger charge is -2.15. The second-order valence-electron chi connectivity index (χ2n) is 5.52. The van der Waals surface area contributed by atoms with Crippen LogP contribution in [0.3, 0.4) is 0 Å². The molecule has 0 aromatic heterocycles. The molecule has 0 fully saturated rings. The van der Waals surface area contributed by atoms with Crippen LogP contribution in [0.1, 0.15) is 38.1 Å². The first-order chi connectivity index (χ1) is 8.78. The van der Waals surface area contributed by atoms with E-state index in [0.717, 1.165) is 0 Å². The van der Waals surface area contributed by atoms with Crippen LogP contribution in [0, 0.1) is 5.92 Å². The van der Waals surface area contributed by atoms with Crippen molar-refractivity contribution in [1.82, 2.24) is 0 Å². The first kappa shape index (κ1) is 15.5. The summed E-state index contributed by atoms with van der Waals surface area (Å²) in [5.74, 6) is 0.482. The van der Waals surface area contributed by atoms with Gasteiger partial charge in [-0.3, -0.25) is 0 Å². The molecule has 1 aromatic carbocycles. The smallest absolute Gasteiger partial charge is 0.338 e. The van der Waals surface area contributed by atoms with E-state index in [1.54, 1.807) is 24.3 Å². The van der Waals surface area contributed by atoms with Crippen LogP contribution in [0.25, 0.3) is 0 Å². The van der Waals surface area contributed by atoms with Crippen molar-refractivity contribution in [3.8, 4) is 5.75 Å². The van der Waals surface area contributed by atoms with E-state index in [0.29, 0.717) is 23.8 Å². The van der Waals surface area contributed by atoms with E-state index >= 15 is 0 Å². The molecule has 106 valence electrons. The van der Waals surface area contributed by atoms with E-state index in [4.69, 9.17) is 9.47 Å². The van der Waals surface area contributed by atoms with Gasteiger partial charge in [0.1, 0.15) is 18.0 Å². The van der Waals surface area contributed by atoms with Crippen LogP contribution in [0.15, 0.2) is 24.3 Å². The number of alkyl halides is 1. The Morgan fingerprint density at radius 1 is 1.26 bits per heavy atom. The number of carbonyl (C=O) groups is 1. The zero-order valence-corrected chi connectivity index (χ0v) is 11.9. The number of esters is 1. The quantitative estimate of drug-likeness (QED) is 0.739. The summed E-state index contributed by atoms with van der Waals surface area (Å²) in [5, 5.41) is 0. The Kier molecular flexibility index (Phi) is 5.33. The molecule has 19 heavy (non-hydrogen) atoms. The molecule has 0 heterocycles. The summed E-state index contributed by atoms with van der Waals surface area (Å²) in [6.07, 6.45) is 0. The minimum absolute atomic E-state index is 0.0237. The maximum absolute atomic E-state index is 13.3. The van der Waals surface area contributed by atoms with Crippen molar-refractivity contribution in [3.63, 3.8) is 0 Å². The third-order valence-corrected chi connectivity index (χ3v) is 2.22. The highest BCUT2D eigenvalue weighted by Crippen LogP contribution is 2.16.